The summed E-state index contributed by atoms with van der Waals surface area (Å²) in [5.74, 6) is 0.716. The fourth-order valence-corrected chi connectivity index (χ4v) is 2.23. The Labute approximate surface area is 98.8 Å². The van der Waals surface area contributed by atoms with Crippen molar-refractivity contribution in [2.24, 2.45) is 17.6 Å². The van der Waals surface area contributed by atoms with Gasteiger partial charge < -0.3 is 15.5 Å². The van der Waals surface area contributed by atoms with E-state index >= 15 is 0 Å². The molecule has 1 heterocycles. The van der Waals surface area contributed by atoms with Crippen LogP contribution in [0.2, 0.25) is 0 Å². The smallest absolute Gasteiger partial charge is 0.226 e. The van der Waals surface area contributed by atoms with E-state index in [-0.39, 0.29) is 17.9 Å². The van der Waals surface area contributed by atoms with Gasteiger partial charge in [0, 0.05) is 26.2 Å². The van der Waals surface area contributed by atoms with Crippen molar-refractivity contribution in [1.29, 1.82) is 0 Å². The molecule has 1 aliphatic heterocycles. The van der Waals surface area contributed by atoms with Crippen LogP contribution in [0, 0.1) is 11.8 Å². The van der Waals surface area contributed by atoms with Crippen LogP contribution in [0.3, 0.4) is 0 Å². The van der Waals surface area contributed by atoms with Crippen LogP contribution in [0.4, 0.5) is 0 Å². The van der Waals surface area contributed by atoms with Crippen LogP contribution < -0.4 is 5.73 Å². The molecular weight excluding hydrogens is 202 g/mol. The van der Waals surface area contributed by atoms with Gasteiger partial charge in [-0.3, -0.25) is 4.79 Å². The van der Waals surface area contributed by atoms with E-state index in [0.717, 1.165) is 19.6 Å². The van der Waals surface area contributed by atoms with Gasteiger partial charge >= 0.3 is 0 Å². The van der Waals surface area contributed by atoms with Crippen molar-refractivity contribution in [1.82, 2.24) is 9.80 Å². The molecule has 1 amide bonds. The van der Waals surface area contributed by atoms with Crippen LogP contribution in [0.15, 0.2) is 0 Å². The zero-order valence-electron chi connectivity index (χ0n) is 10.9. The molecule has 16 heavy (non-hydrogen) atoms. The lowest BCUT2D eigenvalue weighted by atomic mass is 10.0. The summed E-state index contributed by atoms with van der Waals surface area (Å²) < 4.78 is 0. The quantitative estimate of drug-likeness (QED) is 0.755. The molecule has 0 spiro atoms. The zero-order chi connectivity index (χ0) is 12.3. The van der Waals surface area contributed by atoms with Gasteiger partial charge in [-0.2, -0.15) is 0 Å². The summed E-state index contributed by atoms with van der Waals surface area (Å²) in [4.78, 5) is 16.1. The molecule has 0 radical (unpaired) electrons. The molecule has 1 rings (SSSR count). The SMILES string of the molecule is CC(N)C(C)C(=O)N(C)CC1CCN(C)C1. The van der Waals surface area contributed by atoms with Crippen LogP contribution >= 0.6 is 0 Å². The highest BCUT2D eigenvalue weighted by Gasteiger charge is 2.25. The van der Waals surface area contributed by atoms with Crippen molar-refractivity contribution in [3.8, 4) is 0 Å². The number of likely N-dealkylation sites (tertiary alicyclic amines) is 1. The maximum Gasteiger partial charge on any atom is 0.226 e. The summed E-state index contributed by atoms with van der Waals surface area (Å²) in [6, 6.07) is -0.0683. The van der Waals surface area contributed by atoms with Crippen molar-refractivity contribution < 1.29 is 4.79 Å². The third-order valence-corrected chi connectivity index (χ3v) is 3.58. The number of nitrogens with two attached hydrogens (primary N) is 1. The Morgan fingerprint density at radius 3 is 2.62 bits per heavy atom. The fourth-order valence-electron chi connectivity index (χ4n) is 2.23. The standard InChI is InChI=1S/C12H25N3O/c1-9(10(2)13)12(16)15(4)8-11-5-6-14(3)7-11/h9-11H,5-8,13H2,1-4H3. The highest BCUT2D eigenvalue weighted by molar-refractivity contribution is 5.78. The second kappa shape index (κ2) is 5.64. The van der Waals surface area contributed by atoms with E-state index in [1.54, 1.807) is 0 Å². The first-order chi connectivity index (χ1) is 7.41. The molecule has 1 saturated heterocycles. The topological polar surface area (TPSA) is 49.6 Å². The van der Waals surface area contributed by atoms with Crippen molar-refractivity contribution in [3.05, 3.63) is 0 Å². The molecule has 0 aromatic carbocycles. The second-order valence-corrected chi connectivity index (χ2v) is 5.28. The number of nitrogens with zero attached hydrogens (tertiary/aromatic N) is 2. The molecule has 3 unspecified atom stereocenters. The average molecular weight is 227 g/mol. The third-order valence-electron chi connectivity index (χ3n) is 3.58. The maximum atomic E-state index is 12.0. The van der Waals surface area contributed by atoms with E-state index in [9.17, 15) is 4.79 Å². The summed E-state index contributed by atoms with van der Waals surface area (Å²) >= 11 is 0. The minimum atomic E-state index is -0.0795. The molecule has 1 fully saturated rings. The Morgan fingerprint density at radius 1 is 1.56 bits per heavy atom. The van der Waals surface area contributed by atoms with Gasteiger partial charge in [0.25, 0.3) is 0 Å². The highest BCUT2D eigenvalue weighted by atomic mass is 16.2. The molecule has 0 aliphatic carbocycles. The molecule has 0 aromatic rings. The first-order valence-corrected chi connectivity index (χ1v) is 6.11. The van der Waals surface area contributed by atoms with Crippen molar-refractivity contribution in [2.75, 3.05) is 33.7 Å². The summed E-state index contributed by atoms with van der Waals surface area (Å²) in [6.45, 7) is 6.91. The lowest BCUT2D eigenvalue weighted by molar-refractivity contribution is -0.134. The molecule has 94 valence electrons. The first-order valence-electron chi connectivity index (χ1n) is 6.11. The van der Waals surface area contributed by atoms with Crippen LogP contribution in [-0.4, -0.2) is 55.5 Å². The lowest BCUT2D eigenvalue weighted by Crippen LogP contribution is -2.41. The molecule has 0 bridgehead atoms. The number of rotatable bonds is 4. The van der Waals surface area contributed by atoms with Crippen LogP contribution in [0.1, 0.15) is 20.3 Å². The van der Waals surface area contributed by atoms with Gasteiger partial charge in [-0.15, -0.1) is 0 Å². The summed E-state index contributed by atoms with van der Waals surface area (Å²) in [6.07, 6.45) is 1.20. The van der Waals surface area contributed by atoms with Crippen LogP contribution in [-0.2, 0) is 4.79 Å². The minimum absolute atomic E-state index is 0.0683. The second-order valence-electron chi connectivity index (χ2n) is 5.28. The number of amides is 1. The highest BCUT2D eigenvalue weighted by Crippen LogP contribution is 2.16. The molecule has 4 nitrogen and oxygen atoms in total. The number of hydrogen-bond acceptors (Lipinski definition) is 3. The van der Waals surface area contributed by atoms with Gasteiger partial charge in [-0.05, 0) is 32.9 Å². The predicted molar refractivity (Wildman–Crippen MR) is 66.1 cm³/mol. The largest absolute Gasteiger partial charge is 0.345 e. The average Bonchev–Trinajstić information content (AvgIpc) is 2.61. The van der Waals surface area contributed by atoms with Crippen LogP contribution in [0.25, 0.3) is 0 Å². The molecule has 4 heteroatoms. The predicted octanol–water partition coefficient (Wildman–Crippen LogP) is 0.380. The van der Waals surface area contributed by atoms with Gasteiger partial charge in [-0.25, -0.2) is 0 Å². The van der Waals surface area contributed by atoms with E-state index in [1.807, 2.05) is 25.8 Å². The Bertz CT molecular complexity index is 242. The number of carbonyl (C=O) groups excluding carboxylic acids is 1. The van der Waals surface area contributed by atoms with Gasteiger partial charge in [0.2, 0.25) is 5.91 Å². The first kappa shape index (κ1) is 13.5. The lowest BCUT2D eigenvalue weighted by Gasteiger charge is -2.25. The van der Waals surface area contributed by atoms with Crippen molar-refractivity contribution in [2.45, 2.75) is 26.3 Å². The molecular formula is C12H25N3O. The molecule has 3 atom stereocenters. The molecule has 0 aromatic heterocycles. The van der Waals surface area contributed by atoms with Gasteiger partial charge in [-0.1, -0.05) is 6.92 Å². The summed E-state index contributed by atoms with van der Waals surface area (Å²) in [7, 11) is 4.02. The molecule has 2 N–H and O–H groups in total. The van der Waals surface area contributed by atoms with Gasteiger partial charge in [0.05, 0.1) is 5.92 Å². The van der Waals surface area contributed by atoms with Crippen LogP contribution in [0.5, 0.6) is 0 Å². The van der Waals surface area contributed by atoms with Gasteiger partial charge in [0.15, 0.2) is 0 Å². The Kier molecular flexibility index (Phi) is 4.74. The number of hydrogen-bond donors (Lipinski definition) is 1. The maximum absolute atomic E-state index is 12.0. The third kappa shape index (κ3) is 3.46. The van der Waals surface area contributed by atoms with E-state index in [4.69, 9.17) is 5.73 Å². The fraction of sp³-hybridized carbons (Fsp3) is 0.917. The minimum Gasteiger partial charge on any atom is -0.345 e. The zero-order valence-corrected chi connectivity index (χ0v) is 10.9. The Morgan fingerprint density at radius 2 is 2.19 bits per heavy atom. The molecule has 0 saturated carbocycles. The monoisotopic (exact) mass is 227 g/mol. The Balaban J connectivity index is 2.39. The molecule has 1 aliphatic rings. The number of carbonyl (C=O) groups is 1. The van der Waals surface area contributed by atoms with E-state index in [0.29, 0.717) is 5.92 Å². The normalized spacial score (nSPS) is 25.4. The van der Waals surface area contributed by atoms with Crippen molar-refractivity contribution in [3.63, 3.8) is 0 Å². The summed E-state index contributed by atoms with van der Waals surface area (Å²) in [5.41, 5.74) is 5.75. The Hall–Kier alpha value is -0.610. The summed E-state index contributed by atoms with van der Waals surface area (Å²) in [5, 5.41) is 0. The van der Waals surface area contributed by atoms with Gasteiger partial charge in [0.1, 0.15) is 0 Å². The van der Waals surface area contributed by atoms with E-state index < -0.39 is 0 Å². The van der Waals surface area contributed by atoms with E-state index in [2.05, 4.69) is 11.9 Å². The van der Waals surface area contributed by atoms with E-state index in [1.165, 1.54) is 6.42 Å². The van der Waals surface area contributed by atoms with Crippen molar-refractivity contribution >= 4 is 5.91 Å².